The molecule has 0 bridgehead atoms. The van der Waals surface area contributed by atoms with Crippen LogP contribution in [-0.4, -0.2) is 56.5 Å². The Kier molecular flexibility index (Phi) is 6.85. The van der Waals surface area contributed by atoms with E-state index in [0.29, 0.717) is 36.7 Å². The molecule has 2 heterocycles. The minimum atomic E-state index is -1.38. The van der Waals surface area contributed by atoms with Crippen LogP contribution in [-0.2, 0) is 30.5 Å². The van der Waals surface area contributed by atoms with Gasteiger partial charge >= 0.3 is 0 Å². The molecule has 3 aromatic rings. The van der Waals surface area contributed by atoms with E-state index in [1.165, 1.54) is 11.1 Å². The number of aliphatic hydroxyl groups is 2. The van der Waals surface area contributed by atoms with Gasteiger partial charge in [0.2, 0.25) is 11.7 Å². The van der Waals surface area contributed by atoms with Gasteiger partial charge in [0.1, 0.15) is 11.4 Å². The van der Waals surface area contributed by atoms with Crippen molar-refractivity contribution in [3.8, 4) is 5.75 Å². The molecule has 2 N–H and O–H groups in total. The summed E-state index contributed by atoms with van der Waals surface area (Å²) in [4.78, 5) is 10.9. The van der Waals surface area contributed by atoms with E-state index in [9.17, 15) is 10.2 Å². The fourth-order valence-corrected chi connectivity index (χ4v) is 6.56. The summed E-state index contributed by atoms with van der Waals surface area (Å²) in [5, 5.41) is 27.5. The third-order valence-corrected chi connectivity index (χ3v) is 8.62. The molecular weight excluding hydrogens is 468 g/mol. The molecule has 0 radical (unpaired) electrons. The summed E-state index contributed by atoms with van der Waals surface area (Å²) in [5.41, 5.74) is 0.132. The van der Waals surface area contributed by atoms with Crippen molar-refractivity contribution < 1.29 is 19.5 Å². The van der Waals surface area contributed by atoms with E-state index in [1.807, 2.05) is 38.4 Å². The summed E-state index contributed by atoms with van der Waals surface area (Å²) in [6.07, 6.45) is 6.07. The zero-order valence-corrected chi connectivity index (χ0v) is 22.3. The standard InChI is InChI=1S/C29H38N4O4/c1-5-28-19-27(2,34)29(35,24-8-6-7-14-30-24)17-21(28)10-9-20-16-22(11-12-23(20)28)36-18-25-31-26(37-32-25)13-15-33(3)4/h6-8,11-12,14,16,21,34-35H,5,9-10,13,15,17-19H2,1-4H3/t21-,27?,28-,29?/m1/s1. The highest BCUT2D eigenvalue weighted by atomic mass is 16.5. The molecule has 0 amide bonds. The van der Waals surface area contributed by atoms with Crippen molar-refractivity contribution in [3.63, 3.8) is 0 Å². The van der Waals surface area contributed by atoms with Crippen LogP contribution in [0.5, 0.6) is 5.75 Å². The lowest BCUT2D eigenvalue weighted by molar-refractivity contribution is -0.207. The van der Waals surface area contributed by atoms with Crippen molar-refractivity contribution >= 4 is 0 Å². The molecule has 4 atom stereocenters. The van der Waals surface area contributed by atoms with E-state index in [4.69, 9.17) is 9.26 Å². The normalized spacial score (nSPS) is 29.1. The molecule has 1 fully saturated rings. The van der Waals surface area contributed by atoms with Gasteiger partial charge in [-0.05, 0) is 94.4 Å². The first-order valence-electron chi connectivity index (χ1n) is 13.3. The lowest BCUT2D eigenvalue weighted by atomic mass is 9.49. The Balaban J connectivity index is 1.35. The molecule has 8 nitrogen and oxygen atoms in total. The maximum absolute atomic E-state index is 11.8. The number of rotatable bonds is 8. The van der Waals surface area contributed by atoms with Crippen molar-refractivity contribution in [1.29, 1.82) is 0 Å². The predicted molar refractivity (Wildman–Crippen MR) is 139 cm³/mol. The molecule has 2 unspecified atom stereocenters. The maximum Gasteiger partial charge on any atom is 0.228 e. The van der Waals surface area contributed by atoms with Crippen molar-refractivity contribution in [2.45, 2.75) is 75.6 Å². The first-order valence-corrected chi connectivity index (χ1v) is 13.3. The third-order valence-electron chi connectivity index (χ3n) is 8.62. The second kappa shape index (κ2) is 9.82. The highest BCUT2D eigenvalue weighted by Gasteiger charge is 2.61. The Morgan fingerprint density at radius 3 is 2.76 bits per heavy atom. The number of hydrogen-bond donors (Lipinski definition) is 2. The van der Waals surface area contributed by atoms with Gasteiger partial charge in [0.25, 0.3) is 0 Å². The number of ether oxygens (including phenoxy) is 1. The number of likely N-dealkylation sites (N-methyl/N-ethyl adjacent to an activating group) is 1. The Hall–Kier alpha value is -2.81. The van der Waals surface area contributed by atoms with Crippen molar-refractivity contribution in [2.75, 3.05) is 20.6 Å². The van der Waals surface area contributed by atoms with Gasteiger partial charge < -0.3 is 24.4 Å². The maximum atomic E-state index is 11.8. The molecule has 37 heavy (non-hydrogen) atoms. The van der Waals surface area contributed by atoms with E-state index in [-0.39, 0.29) is 17.9 Å². The van der Waals surface area contributed by atoms with Crippen LogP contribution in [0.4, 0.5) is 0 Å². The number of aromatic nitrogens is 3. The average molecular weight is 507 g/mol. The van der Waals surface area contributed by atoms with Gasteiger partial charge in [-0.25, -0.2) is 0 Å². The first-order chi connectivity index (χ1) is 17.7. The molecular formula is C29H38N4O4. The van der Waals surface area contributed by atoms with Gasteiger partial charge in [-0.15, -0.1) is 0 Å². The quantitative estimate of drug-likeness (QED) is 0.476. The second-order valence-electron chi connectivity index (χ2n) is 11.2. The Morgan fingerprint density at radius 2 is 2.03 bits per heavy atom. The van der Waals surface area contributed by atoms with Crippen LogP contribution in [0.25, 0.3) is 0 Å². The second-order valence-corrected chi connectivity index (χ2v) is 11.2. The summed E-state index contributed by atoms with van der Waals surface area (Å²) >= 11 is 0. The van der Waals surface area contributed by atoms with Crippen LogP contribution < -0.4 is 4.74 Å². The van der Waals surface area contributed by atoms with Gasteiger partial charge in [0.15, 0.2) is 6.61 Å². The van der Waals surface area contributed by atoms with E-state index in [2.05, 4.69) is 39.1 Å². The van der Waals surface area contributed by atoms with Crippen LogP contribution in [0, 0.1) is 5.92 Å². The number of nitrogens with zero attached hydrogens (tertiary/aromatic N) is 4. The number of fused-ring (bicyclic) bond motifs is 3. The zero-order valence-electron chi connectivity index (χ0n) is 22.3. The smallest absolute Gasteiger partial charge is 0.228 e. The zero-order chi connectivity index (χ0) is 26.3. The molecule has 2 aliphatic carbocycles. The molecule has 0 aliphatic heterocycles. The summed E-state index contributed by atoms with van der Waals surface area (Å²) in [6.45, 7) is 5.05. The van der Waals surface area contributed by atoms with Crippen LogP contribution in [0.15, 0.2) is 47.1 Å². The fourth-order valence-electron chi connectivity index (χ4n) is 6.56. The number of hydrogen-bond acceptors (Lipinski definition) is 8. The third kappa shape index (κ3) is 4.67. The summed E-state index contributed by atoms with van der Waals surface area (Å²) in [7, 11) is 4.02. The molecule has 1 saturated carbocycles. The first kappa shape index (κ1) is 25.8. The van der Waals surface area contributed by atoms with Crippen molar-refractivity contribution in [1.82, 2.24) is 20.0 Å². The molecule has 2 aromatic heterocycles. The predicted octanol–water partition coefficient (Wildman–Crippen LogP) is 3.79. The number of pyridine rings is 1. The van der Waals surface area contributed by atoms with Gasteiger partial charge in [-0.3, -0.25) is 4.98 Å². The fraction of sp³-hybridized carbons (Fsp3) is 0.552. The molecule has 5 rings (SSSR count). The molecule has 2 aliphatic rings. The molecule has 198 valence electrons. The lowest BCUT2D eigenvalue weighted by Gasteiger charge is -2.58. The lowest BCUT2D eigenvalue weighted by Crippen LogP contribution is -2.62. The van der Waals surface area contributed by atoms with Crippen LogP contribution in [0.3, 0.4) is 0 Å². The topological polar surface area (TPSA) is 105 Å². The molecule has 8 heteroatoms. The van der Waals surface area contributed by atoms with E-state index >= 15 is 0 Å². The van der Waals surface area contributed by atoms with Gasteiger partial charge in [-0.2, -0.15) is 4.98 Å². The molecule has 0 spiro atoms. The largest absolute Gasteiger partial charge is 0.485 e. The minimum absolute atomic E-state index is 0.217. The van der Waals surface area contributed by atoms with E-state index in [0.717, 1.165) is 31.6 Å². The Morgan fingerprint density at radius 1 is 1.19 bits per heavy atom. The average Bonchev–Trinajstić information content (AvgIpc) is 3.35. The minimum Gasteiger partial charge on any atom is -0.485 e. The van der Waals surface area contributed by atoms with Gasteiger partial charge in [0, 0.05) is 24.6 Å². The van der Waals surface area contributed by atoms with Crippen LogP contribution in [0.1, 0.15) is 68.1 Å². The SMILES string of the molecule is CC[C@@]12CC(C)(O)C(O)(c3ccccn3)C[C@H]1CCc1cc(OCc3noc(CCN(C)C)n3)ccc12. The highest BCUT2D eigenvalue weighted by Crippen LogP contribution is 2.59. The number of benzene rings is 1. The summed E-state index contributed by atoms with van der Waals surface area (Å²) < 4.78 is 11.4. The van der Waals surface area contributed by atoms with E-state index in [1.54, 1.807) is 13.1 Å². The van der Waals surface area contributed by atoms with Crippen LogP contribution >= 0.6 is 0 Å². The van der Waals surface area contributed by atoms with Crippen molar-refractivity contribution in [2.24, 2.45) is 5.92 Å². The monoisotopic (exact) mass is 506 g/mol. The van der Waals surface area contributed by atoms with Crippen molar-refractivity contribution in [3.05, 3.63) is 71.1 Å². The highest BCUT2D eigenvalue weighted by molar-refractivity contribution is 5.45. The summed E-state index contributed by atoms with van der Waals surface area (Å²) in [5.74, 6) is 2.16. The Labute approximate surface area is 218 Å². The van der Waals surface area contributed by atoms with Crippen LogP contribution in [0.2, 0.25) is 0 Å². The Bertz CT molecular complexity index is 1230. The van der Waals surface area contributed by atoms with Gasteiger partial charge in [0.05, 0.1) is 11.3 Å². The molecule has 0 saturated heterocycles. The number of aryl methyl sites for hydroxylation is 1. The van der Waals surface area contributed by atoms with E-state index < -0.39 is 11.2 Å². The molecule has 1 aromatic carbocycles. The summed E-state index contributed by atoms with van der Waals surface area (Å²) in [6, 6.07) is 11.8. The van der Waals surface area contributed by atoms with Gasteiger partial charge in [-0.1, -0.05) is 24.2 Å².